The molecule has 104 valence electrons. The first kappa shape index (κ1) is 14.3. The molecule has 0 aliphatic heterocycles. The highest BCUT2D eigenvalue weighted by atomic mass is 35.5. The van der Waals surface area contributed by atoms with Gasteiger partial charge in [0.2, 0.25) is 5.95 Å². The minimum absolute atomic E-state index is 0.101. The molecule has 0 aliphatic carbocycles. The molecule has 1 heterocycles. The highest BCUT2D eigenvalue weighted by Gasteiger charge is 2.16. The fourth-order valence-corrected chi connectivity index (χ4v) is 1.68. The van der Waals surface area contributed by atoms with E-state index in [1.54, 1.807) is 6.92 Å². The summed E-state index contributed by atoms with van der Waals surface area (Å²) in [6.07, 6.45) is 0. The van der Waals surface area contributed by atoms with E-state index in [4.69, 9.17) is 11.6 Å². The van der Waals surface area contributed by atoms with E-state index in [2.05, 4.69) is 15.3 Å². The molecule has 0 radical (unpaired) electrons. The summed E-state index contributed by atoms with van der Waals surface area (Å²) in [4.78, 5) is 19.4. The van der Waals surface area contributed by atoms with E-state index in [9.17, 15) is 18.0 Å². The number of carbonyl (C=O) groups is 1. The van der Waals surface area contributed by atoms with Crippen LogP contribution in [0.2, 0.25) is 5.15 Å². The van der Waals surface area contributed by atoms with E-state index < -0.39 is 28.9 Å². The van der Waals surface area contributed by atoms with Crippen LogP contribution in [0.3, 0.4) is 0 Å². The minimum atomic E-state index is -1.64. The van der Waals surface area contributed by atoms with Crippen LogP contribution >= 0.6 is 11.6 Å². The monoisotopic (exact) mass is 301 g/mol. The molecule has 0 aliphatic rings. The molecule has 0 bridgehead atoms. The highest BCUT2D eigenvalue weighted by Crippen LogP contribution is 2.15. The molecule has 4 nitrogen and oxygen atoms in total. The summed E-state index contributed by atoms with van der Waals surface area (Å²) in [6.45, 7) is 1.63. The predicted molar refractivity (Wildman–Crippen MR) is 66.0 cm³/mol. The number of halogens is 4. The number of hydrogen-bond donors (Lipinski definition) is 1. The van der Waals surface area contributed by atoms with Crippen LogP contribution in [-0.4, -0.2) is 15.9 Å². The molecule has 1 aromatic carbocycles. The Balaban J connectivity index is 2.28. The fourth-order valence-electron chi connectivity index (χ4n) is 1.45. The van der Waals surface area contributed by atoms with Gasteiger partial charge < -0.3 is 0 Å². The third-order valence-electron chi connectivity index (χ3n) is 2.29. The van der Waals surface area contributed by atoms with E-state index in [0.717, 1.165) is 0 Å². The van der Waals surface area contributed by atoms with Crippen molar-refractivity contribution in [3.8, 4) is 0 Å². The van der Waals surface area contributed by atoms with Crippen LogP contribution in [0.25, 0.3) is 0 Å². The van der Waals surface area contributed by atoms with Gasteiger partial charge >= 0.3 is 0 Å². The molecule has 0 saturated heterocycles. The predicted octanol–water partition coefficient (Wildman–Crippen LogP) is 3.11. The summed E-state index contributed by atoms with van der Waals surface area (Å²) < 4.78 is 38.8. The number of hydrogen-bond acceptors (Lipinski definition) is 3. The zero-order valence-electron chi connectivity index (χ0n) is 10.0. The number of benzene rings is 1. The molecule has 20 heavy (non-hydrogen) atoms. The van der Waals surface area contributed by atoms with Gasteiger partial charge in [-0.05, 0) is 25.1 Å². The lowest BCUT2D eigenvalue weighted by Crippen LogP contribution is -2.15. The van der Waals surface area contributed by atoms with Crippen molar-refractivity contribution in [2.45, 2.75) is 6.92 Å². The summed E-state index contributed by atoms with van der Waals surface area (Å²) in [6, 6.07) is 2.62. The summed E-state index contributed by atoms with van der Waals surface area (Å²) in [7, 11) is 0. The van der Waals surface area contributed by atoms with Crippen molar-refractivity contribution in [2.75, 3.05) is 5.32 Å². The van der Waals surface area contributed by atoms with Gasteiger partial charge in [-0.1, -0.05) is 11.6 Å². The van der Waals surface area contributed by atoms with Crippen LogP contribution in [0.5, 0.6) is 0 Å². The normalized spacial score (nSPS) is 10.4. The van der Waals surface area contributed by atoms with Crippen molar-refractivity contribution in [2.24, 2.45) is 0 Å². The first-order valence-electron chi connectivity index (χ1n) is 5.34. The minimum Gasteiger partial charge on any atom is -0.290 e. The maximum atomic E-state index is 13.0. The Morgan fingerprint density at radius 2 is 1.75 bits per heavy atom. The van der Waals surface area contributed by atoms with E-state index in [1.165, 1.54) is 6.07 Å². The average molecular weight is 302 g/mol. The van der Waals surface area contributed by atoms with Gasteiger partial charge in [-0.25, -0.2) is 23.1 Å². The molecule has 0 saturated carbocycles. The van der Waals surface area contributed by atoms with Gasteiger partial charge in [0.05, 0.1) is 0 Å². The number of carbonyl (C=O) groups excluding carboxylic acids is 1. The van der Waals surface area contributed by atoms with Crippen molar-refractivity contribution >= 4 is 23.5 Å². The molecule has 2 rings (SSSR count). The van der Waals surface area contributed by atoms with Crippen molar-refractivity contribution < 1.29 is 18.0 Å². The Morgan fingerprint density at radius 3 is 2.30 bits per heavy atom. The molecule has 0 spiro atoms. The van der Waals surface area contributed by atoms with Crippen molar-refractivity contribution in [3.63, 3.8) is 0 Å². The Kier molecular flexibility index (Phi) is 3.89. The van der Waals surface area contributed by atoms with Gasteiger partial charge in [-0.2, -0.15) is 0 Å². The summed E-state index contributed by atoms with van der Waals surface area (Å²) in [5.41, 5.74) is 0.0967. The van der Waals surface area contributed by atoms with E-state index in [0.29, 0.717) is 17.8 Å². The van der Waals surface area contributed by atoms with Crippen LogP contribution in [0.4, 0.5) is 19.1 Å². The largest absolute Gasteiger partial charge is 0.290 e. The van der Waals surface area contributed by atoms with Gasteiger partial charge in [-0.15, -0.1) is 0 Å². The number of aromatic nitrogens is 2. The summed E-state index contributed by atoms with van der Waals surface area (Å²) in [5, 5.41) is 2.31. The van der Waals surface area contributed by atoms with Crippen LogP contribution in [0.15, 0.2) is 18.2 Å². The molecule has 1 N–H and O–H groups in total. The number of nitrogens with one attached hydrogen (secondary N) is 1. The molecule has 0 atom stereocenters. The van der Waals surface area contributed by atoms with Gasteiger partial charge in [0.1, 0.15) is 5.15 Å². The molecular formula is C12H7ClF3N3O. The van der Waals surface area contributed by atoms with E-state index >= 15 is 0 Å². The third-order valence-corrected chi connectivity index (χ3v) is 2.49. The lowest BCUT2D eigenvalue weighted by molar-refractivity contribution is 0.102. The summed E-state index contributed by atoms with van der Waals surface area (Å²) in [5.74, 6) is -5.57. The van der Waals surface area contributed by atoms with E-state index in [1.807, 2.05) is 0 Å². The smallest absolute Gasteiger partial charge is 0.258 e. The number of anilines is 1. The number of aryl methyl sites for hydroxylation is 1. The van der Waals surface area contributed by atoms with Gasteiger partial charge in [0, 0.05) is 11.3 Å². The zero-order valence-corrected chi connectivity index (χ0v) is 10.8. The fraction of sp³-hybridized carbons (Fsp3) is 0.0833. The molecular weight excluding hydrogens is 295 g/mol. The lowest BCUT2D eigenvalue weighted by Gasteiger charge is -2.06. The highest BCUT2D eigenvalue weighted by molar-refractivity contribution is 6.29. The van der Waals surface area contributed by atoms with Crippen molar-refractivity contribution in [1.29, 1.82) is 0 Å². The van der Waals surface area contributed by atoms with Gasteiger partial charge in [0.25, 0.3) is 5.91 Å². The first-order chi connectivity index (χ1) is 9.36. The van der Waals surface area contributed by atoms with Gasteiger partial charge in [0.15, 0.2) is 17.5 Å². The molecule has 1 amide bonds. The second kappa shape index (κ2) is 5.46. The first-order valence-corrected chi connectivity index (χ1v) is 5.71. The number of rotatable bonds is 2. The number of nitrogens with zero attached hydrogens (tertiary/aromatic N) is 2. The van der Waals surface area contributed by atoms with Gasteiger partial charge in [-0.3, -0.25) is 10.1 Å². The lowest BCUT2D eigenvalue weighted by atomic mass is 10.2. The number of amides is 1. The zero-order chi connectivity index (χ0) is 14.9. The molecule has 0 unspecified atom stereocenters. The molecule has 8 heteroatoms. The SMILES string of the molecule is Cc1cc(Cl)nc(NC(=O)c2cc(F)c(F)c(F)c2)n1. The van der Waals surface area contributed by atoms with Crippen LogP contribution in [0.1, 0.15) is 16.1 Å². The quantitative estimate of drug-likeness (QED) is 0.685. The topological polar surface area (TPSA) is 54.9 Å². The van der Waals surface area contributed by atoms with E-state index in [-0.39, 0.29) is 11.1 Å². The van der Waals surface area contributed by atoms with Crippen molar-refractivity contribution in [3.05, 3.63) is 52.1 Å². The molecule has 0 fully saturated rings. The Bertz CT molecular complexity index is 650. The Hall–Kier alpha value is -2.15. The van der Waals surface area contributed by atoms with Crippen molar-refractivity contribution in [1.82, 2.24) is 9.97 Å². The third kappa shape index (κ3) is 3.05. The van der Waals surface area contributed by atoms with Crippen LogP contribution in [-0.2, 0) is 0 Å². The maximum Gasteiger partial charge on any atom is 0.258 e. The molecule has 1 aromatic heterocycles. The summed E-state index contributed by atoms with van der Waals surface area (Å²) >= 11 is 5.68. The Morgan fingerprint density at radius 1 is 1.15 bits per heavy atom. The Labute approximate surface area is 116 Å². The molecule has 2 aromatic rings. The standard InChI is InChI=1S/C12H7ClF3N3O/c1-5-2-9(13)18-12(17-5)19-11(20)6-3-7(14)10(16)8(15)4-6/h2-4H,1H3,(H,17,18,19,20). The van der Waals surface area contributed by atoms with Crippen LogP contribution < -0.4 is 5.32 Å². The maximum absolute atomic E-state index is 13.0. The second-order valence-electron chi connectivity index (χ2n) is 3.86. The second-order valence-corrected chi connectivity index (χ2v) is 4.25. The average Bonchev–Trinajstić information content (AvgIpc) is 2.33. The van der Waals surface area contributed by atoms with Crippen LogP contribution in [0, 0.1) is 24.4 Å².